The van der Waals surface area contributed by atoms with Crippen molar-refractivity contribution in [2.24, 2.45) is 65.1 Å². The maximum absolute atomic E-state index is 7.90. The van der Waals surface area contributed by atoms with Crippen LogP contribution in [0.4, 0.5) is 0 Å². The minimum Gasteiger partial charge on any atom is -0.309 e. The van der Waals surface area contributed by atoms with Crippen LogP contribution in [0.15, 0.2) is 144 Å². The molecule has 1 saturated carbocycles. The summed E-state index contributed by atoms with van der Waals surface area (Å²) in [6.45, 7) is 10.2. The van der Waals surface area contributed by atoms with Crippen LogP contribution in [0.2, 0.25) is 0 Å². The number of rotatable bonds is 11. The van der Waals surface area contributed by atoms with E-state index in [1.807, 2.05) is 17.2 Å². The molecule has 346 valence electrons. The van der Waals surface area contributed by atoms with Gasteiger partial charge >= 0.3 is 0 Å². The van der Waals surface area contributed by atoms with E-state index in [4.69, 9.17) is 5.41 Å². The molecule has 65 heavy (non-hydrogen) atoms. The summed E-state index contributed by atoms with van der Waals surface area (Å²) in [6, 6.07) is 22.3. The van der Waals surface area contributed by atoms with E-state index in [9.17, 15) is 0 Å². The minimum absolute atomic E-state index is 0.404. The lowest BCUT2D eigenvalue weighted by Gasteiger charge is -2.43. The predicted molar refractivity (Wildman–Crippen MR) is 282 cm³/mol. The highest BCUT2D eigenvalue weighted by molar-refractivity contribution is 5.75. The zero-order valence-electron chi connectivity index (χ0n) is 41.1. The maximum atomic E-state index is 7.90. The molecule has 2 aromatic rings. The zero-order valence-corrected chi connectivity index (χ0v) is 41.1. The summed E-state index contributed by atoms with van der Waals surface area (Å²) in [7, 11) is 0. The topological polar surface area (TPSA) is 23.9 Å². The third-order valence-electron chi connectivity index (χ3n) is 18.1. The maximum Gasteiger partial charge on any atom is 0.0177 e. The Kier molecular flexibility index (Phi) is 17.3. The summed E-state index contributed by atoms with van der Waals surface area (Å²) < 4.78 is 0. The molecule has 8 rings (SSSR count). The molecule has 0 heterocycles. The standard InChI is InChI=1S/C64H85N/c1-5-60(53-24-11-7-12-25-53)64(35-20-42-65)58-32-18-30-56(45-58)55-29-17-31-57(44-55)63-34-19-28-50(52-38-36-51(37-39-52)49-21-9-6-10-22-49)23-15-16-33-62(47(3)48(63)4)59-40-41-61(46(2)43-59)54-26-13-8-14-27-54/h7-9,11-14,18,20-27,31-32,35,41-42,46-48,51-52,55-56,58-59,62-63,65H,5-6,10,15-17,19,28-30,33-34,36-40,43-45H2,1-4H3/b35-20-,50-23+,64-60-,65-42?. The Bertz CT molecular complexity index is 2090. The van der Waals surface area contributed by atoms with Gasteiger partial charge in [0.15, 0.2) is 0 Å². The lowest BCUT2D eigenvalue weighted by Crippen LogP contribution is -2.34. The molecule has 1 fully saturated rings. The van der Waals surface area contributed by atoms with Gasteiger partial charge < -0.3 is 5.41 Å². The molecule has 1 nitrogen and oxygen atoms in total. The zero-order chi connectivity index (χ0) is 45.0. The van der Waals surface area contributed by atoms with Crippen LogP contribution in [-0.2, 0) is 0 Å². The number of benzene rings is 2. The van der Waals surface area contributed by atoms with Crippen LogP contribution in [0, 0.1) is 70.5 Å². The third-order valence-corrected chi connectivity index (χ3v) is 18.1. The van der Waals surface area contributed by atoms with Crippen molar-refractivity contribution in [3.8, 4) is 0 Å². The van der Waals surface area contributed by atoms with E-state index in [1.165, 1.54) is 150 Å². The second-order valence-electron chi connectivity index (χ2n) is 21.7. The highest BCUT2D eigenvalue weighted by Crippen LogP contribution is 2.50. The lowest BCUT2D eigenvalue weighted by molar-refractivity contribution is 0.121. The molecule has 0 saturated heterocycles. The van der Waals surface area contributed by atoms with Crippen molar-refractivity contribution in [1.82, 2.24) is 0 Å². The predicted octanol–water partition coefficient (Wildman–Crippen LogP) is 18.4. The van der Waals surface area contributed by atoms with Crippen molar-refractivity contribution in [2.45, 2.75) is 156 Å². The first-order valence-corrected chi connectivity index (χ1v) is 27.0. The first kappa shape index (κ1) is 47.5. The molecule has 0 radical (unpaired) electrons. The Morgan fingerprint density at radius 1 is 0.662 bits per heavy atom. The fourth-order valence-electron chi connectivity index (χ4n) is 14.4. The van der Waals surface area contributed by atoms with E-state index in [2.05, 4.69) is 143 Å². The molecule has 6 aliphatic carbocycles. The van der Waals surface area contributed by atoms with E-state index < -0.39 is 0 Å². The molecule has 0 amide bonds. The number of allylic oxidation sites excluding steroid dienone is 16. The second-order valence-corrected chi connectivity index (χ2v) is 21.7. The molecule has 0 aliphatic heterocycles. The van der Waals surface area contributed by atoms with Gasteiger partial charge in [-0.2, -0.15) is 0 Å². The van der Waals surface area contributed by atoms with Gasteiger partial charge in [0, 0.05) is 12.1 Å². The average molecular weight is 868 g/mol. The molecule has 0 spiro atoms. The third kappa shape index (κ3) is 12.0. The summed E-state index contributed by atoms with van der Waals surface area (Å²) in [5.41, 5.74) is 12.5. The van der Waals surface area contributed by atoms with Crippen molar-refractivity contribution in [3.05, 3.63) is 155 Å². The van der Waals surface area contributed by atoms with Gasteiger partial charge in [-0.1, -0.05) is 154 Å². The number of nitrogens with one attached hydrogen (secondary N) is 1. The highest BCUT2D eigenvalue weighted by atomic mass is 14.4. The molecule has 0 aromatic heterocycles. The lowest BCUT2D eigenvalue weighted by atomic mass is 9.62. The van der Waals surface area contributed by atoms with E-state index in [1.54, 1.807) is 11.1 Å². The van der Waals surface area contributed by atoms with Gasteiger partial charge in [0.05, 0.1) is 0 Å². The van der Waals surface area contributed by atoms with Crippen LogP contribution in [0.1, 0.15) is 167 Å². The summed E-state index contributed by atoms with van der Waals surface area (Å²) >= 11 is 0. The van der Waals surface area contributed by atoms with E-state index >= 15 is 0 Å². The van der Waals surface area contributed by atoms with Gasteiger partial charge in [-0.15, -0.1) is 0 Å². The number of hydrogen-bond donors (Lipinski definition) is 1. The SMILES string of the molecule is CC/C(=C(\C=C/C=N)C1C=CCC(C2CCC=C(C3CCC/C(C4CCC(C5=CCCC=C5)CC4)=C\CCCC(C4CC=C(c5ccccc5)C(C)C4)C(C)C3C)C2)C1)c1ccccc1. The van der Waals surface area contributed by atoms with Crippen molar-refractivity contribution >= 4 is 17.4 Å². The van der Waals surface area contributed by atoms with E-state index in [0.29, 0.717) is 35.5 Å². The van der Waals surface area contributed by atoms with E-state index in [-0.39, 0.29) is 0 Å². The van der Waals surface area contributed by atoms with Crippen molar-refractivity contribution < 1.29 is 0 Å². The molecule has 0 bridgehead atoms. The molecule has 1 N–H and O–H groups in total. The van der Waals surface area contributed by atoms with Crippen LogP contribution < -0.4 is 0 Å². The first-order valence-electron chi connectivity index (χ1n) is 27.0. The van der Waals surface area contributed by atoms with Crippen LogP contribution >= 0.6 is 0 Å². The quantitative estimate of drug-likeness (QED) is 0.132. The van der Waals surface area contributed by atoms with Crippen LogP contribution in [0.3, 0.4) is 0 Å². The van der Waals surface area contributed by atoms with Crippen LogP contribution in [-0.4, -0.2) is 6.21 Å². The second kappa shape index (κ2) is 23.7. The van der Waals surface area contributed by atoms with Gasteiger partial charge in [-0.25, -0.2) is 0 Å². The van der Waals surface area contributed by atoms with E-state index in [0.717, 1.165) is 36.0 Å². The molecule has 9 atom stereocenters. The Morgan fingerprint density at radius 3 is 2.17 bits per heavy atom. The largest absolute Gasteiger partial charge is 0.309 e. The normalized spacial score (nSPS) is 34.2. The van der Waals surface area contributed by atoms with Crippen molar-refractivity contribution in [3.63, 3.8) is 0 Å². The van der Waals surface area contributed by atoms with Gasteiger partial charge in [-0.3, -0.25) is 0 Å². The summed E-state index contributed by atoms with van der Waals surface area (Å²) in [5, 5.41) is 7.90. The van der Waals surface area contributed by atoms with Crippen molar-refractivity contribution in [2.75, 3.05) is 0 Å². The average Bonchev–Trinajstić information content (AvgIpc) is 3.36. The molecular formula is C64H85N. The first-order chi connectivity index (χ1) is 31.9. The van der Waals surface area contributed by atoms with Crippen molar-refractivity contribution in [1.29, 1.82) is 5.41 Å². The Hall–Kier alpha value is -3.97. The fourth-order valence-corrected chi connectivity index (χ4v) is 14.4. The molecule has 1 heteroatoms. The Balaban J connectivity index is 1.02. The van der Waals surface area contributed by atoms with Gasteiger partial charge in [0.1, 0.15) is 0 Å². The molecule has 2 aromatic carbocycles. The number of hydrogen-bond acceptors (Lipinski definition) is 1. The summed E-state index contributed by atoms with van der Waals surface area (Å²) in [5.74, 6) is 7.68. The molecular weight excluding hydrogens is 783 g/mol. The monoisotopic (exact) mass is 868 g/mol. The van der Waals surface area contributed by atoms with Gasteiger partial charge in [0.25, 0.3) is 0 Å². The Labute approximate surface area is 397 Å². The smallest absolute Gasteiger partial charge is 0.0177 e. The Morgan fingerprint density at radius 2 is 1.43 bits per heavy atom. The van der Waals surface area contributed by atoms with Gasteiger partial charge in [0.2, 0.25) is 0 Å². The van der Waals surface area contributed by atoms with Crippen LogP contribution in [0.25, 0.3) is 11.1 Å². The van der Waals surface area contributed by atoms with Gasteiger partial charge in [-0.05, 0) is 227 Å². The summed E-state index contributed by atoms with van der Waals surface area (Å²) in [6.07, 6.45) is 52.3. The van der Waals surface area contributed by atoms with Crippen LogP contribution in [0.5, 0.6) is 0 Å². The molecule has 6 aliphatic rings. The fraction of sp³-hybridized carbons (Fsp3) is 0.547. The minimum atomic E-state index is 0.404. The summed E-state index contributed by atoms with van der Waals surface area (Å²) in [4.78, 5) is 0. The molecule has 9 unspecified atom stereocenters. The highest BCUT2D eigenvalue weighted by Gasteiger charge is 2.39.